The lowest BCUT2D eigenvalue weighted by Crippen LogP contribution is -2.01. The number of aromatic amines is 1. The van der Waals surface area contributed by atoms with E-state index in [9.17, 15) is 8.78 Å². The molecule has 0 aliphatic carbocycles. The summed E-state index contributed by atoms with van der Waals surface area (Å²) in [5.74, 6) is 0.872. The van der Waals surface area contributed by atoms with Crippen molar-refractivity contribution in [2.24, 2.45) is 0 Å². The van der Waals surface area contributed by atoms with E-state index in [2.05, 4.69) is 14.7 Å². The molecule has 108 valence electrons. The molecule has 1 N–H and O–H groups in total. The van der Waals surface area contributed by atoms with Crippen molar-refractivity contribution < 1.29 is 13.5 Å². The summed E-state index contributed by atoms with van der Waals surface area (Å²) in [6.45, 7) is -2.79. The van der Waals surface area contributed by atoms with E-state index in [1.165, 1.54) is 0 Å². The molecule has 21 heavy (non-hydrogen) atoms. The van der Waals surface area contributed by atoms with Crippen molar-refractivity contribution in [2.75, 3.05) is 0 Å². The normalized spacial score (nSPS) is 11.2. The number of nitrogens with one attached hydrogen (secondary N) is 1. The SMILES string of the molecule is FC(F)Oc1ccc(CSc2nc3ccccc3[nH]2)cc1. The molecule has 0 saturated carbocycles. The predicted octanol–water partition coefficient (Wildman–Crippen LogP) is 4.46. The molecule has 0 bridgehead atoms. The second-order valence-electron chi connectivity index (χ2n) is 4.37. The number of para-hydroxylation sites is 2. The summed E-state index contributed by atoms with van der Waals surface area (Å²) in [7, 11) is 0. The van der Waals surface area contributed by atoms with Gasteiger partial charge in [-0.05, 0) is 29.8 Å². The van der Waals surface area contributed by atoms with Gasteiger partial charge in [-0.1, -0.05) is 36.0 Å². The summed E-state index contributed by atoms with van der Waals surface area (Å²) >= 11 is 1.56. The van der Waals surface area contributed by atoms with Gasteiger partial charge < -0.3 is 9.72 Å². The molecule has 1 aromatic heterocycles. The molecule has 0 aliphatic heterocycles. The second-order valence-corrected chi connectivity index (χ2v) is 5.33. The monoisotopic (exact) mass is 306 g/mol. The Morgan fingerprint density at radius 3 is 2.57 bits per heavy atom. The highest BCUT2D eigenvalue weighted by Crippen LogP contribution is 2.24. The van der Waals surface area contributed by atoms with Gasteiger partial charge in [-0.2, -0.15) is 8.78 Å². The lowest BCUT2D eigenvalue weighted by atomic mass is 10.2. The van der Waals surface area contributed by atoms with E-state index in [0.717, 1.165) is 21.8 Å². The van der Waals surface area contributed by atoms with Gasteiger partial charge in [0.1, 0.15) is 5.75 Å². The standard InChI is InChI=1S/C15H12F2N2OS/c16-14(17)20-11-7-5-10(6-8-11)9-21-15-18-12-3-1-2-4-13(12)19-15/h1-8,14H,9H2,(H,18,19). The third-order valence-electron chi connectivity index (χ3n) is 2.89. The average Bonchev–Trinajstić information content (AvgIpc) is 2.89. The molecule has 0 aliphatic rings. The smallest absolute Gasteiger partial charge is 0.387 e. The van der Waals surface area contributed by atoms with Crippen LogP contribution in [0.2, 0.25) is 0 Å². The zero-order valence-corrected chi connectivity index (χ0v) is 11.7. The van der Waals surface area contributed by atoms with Gasteiger partial charge in [0, 0.05) is 5.75 Å². The molecule has 3 aromatic rings. The summed E-state index contributed by atoms with van der Waals surface area (Å²) in [5, 5.41) is 0.837. The Hall–Kier alpha value is -2.08. The summed E-state index contributed by atoms with van der Waals surface area (Å²) in [6.07, 6.45) is 0. The van der Waals surface area contributed by atoms with Crippen LogP contribution < -0.4 is 4.74 Å². The summed E-state index contributed by atoms with van der Waals surface area (Å²) in [6, 6.07) is 14.5. The Balaban J connectivity index is 1.64. The summed E-state index contributed by atoms with van der Waals surface area (Å²) in [5.41, 5.74) is 2.95. The largest absolute Gasteiger partial charge is 0.435 e. The number of alkyl halides is 2. The Kier molecular flexibility index (Phi) is 4.06. The molecule has 3 nitrogen and oxygen atoms in total. The first-order chi connectivity index (χ1) is 10.2. The number of imidazole rings is 1. The Bertz CT molecular complexity index is 695. The van der Waals surface area contributed by atoms with Crippen LogP contribution in [-0.2, 0) is 5.75 Å². The quantitative estimate of drug-likeness (QED) is 0.707. The second kappa shape index (κ2) is 6.13. The minimum atomic E-state index is -2.79. The van der Waals surface area contributed by atoms with Gasteiger partial charge in [0.05, 0.1) is 11.0 Å². The number of fused-ring (bicyclic) bond motifs is 1. The number of hydrogen-bond donors (Lipinski definition) is 1. The van der Waals surface area contributed by atoms with Crippen LogP contribution in [0.15, 0.2) is 53.7 Å². The highest BCUT2D eigenvalue weighted by molar-refractivity contribution is 7.98. The number of hydrogen-bond acceptors (Lipinski definition) is 3. The van der Waals surface area contributed by atoms with Gasteiger partial charge in [0.2, 0.25) is 0 Å². The number of nitrogens with zero attached hydrogens (tertiary/aromatic N) is 1. The van der Waals surface area contributed by atoms with E-state index < -0.39 is 6.61 Å². The third-order valence-corrected chi connectivity index (χ3v) is 3.84. The van der Waals surface area contributed by atoms with Crippen molar-refractivity contribution in [3.8, 4) is 5.75 Å². The van der Waals surface area contributed by atoms with Gasteiger partial charge >= 0.3 is 6.61 Å². The van der Waals surface area contributed by atoms with Crippen LogP contribution in [0, 0.1) is 0 Å². The number of benzene rings is 2. The number of aromatic nitrogens is 2. The van der Waals surface area contributed by atoms with Crippen molar-refractivity contribution in [2.45, 2.75) is 17.5 Å². The molecule has 0 atom stereocenters. The minimum Gasteiger partial charge on any atom is -0.435 e. The minimum absolute atomic E-state index is 0.169. The maximum absolute atomic E-state index is 12.1. The van der Waals surface area contributed by atoms with Crippen LogP contribution in [0.25, 0.3) is 11.0 Å². The third kappa shape index (κ3) is 3.52. The maximum atomic E-state index is 12.1. The van der Waals surface area contributed by atoms with Gasteiger partial charge in [0.25, 0.3) is 0 Å². The first-order valence-electron chi connectivity index (χ1n) is 6.32. The van der Waals surface area contributed by atoms with Gasteiger partial charge in [-0.25, -0.2) is 4.98 Å². The van der Waals surface area contributed by atoms with Crippen LogP contribution in [0.1, 0.15) is 5.56 Å². The number of H-pyrrole nitrogens is 1. The van der Waals surface area contributed by atoms with Gasteiger partial charge in [-0.15, -0.1) is 0 Å². The summed E-state index contributed by atoms with van der Waals surface area (Å²) < 4.78 is 28.4. The Morgan fingerprint density at radius 2 is 1.86 bits per heavy atom. The molecule has 3 rings (SSSR count). The Morgan fingerprint density at radius 1 is 1.10 bits per heavy atom. The fraction of sp³-hybridized carbons (Fsp3) is 0.133. The van der Waals surface area contributed by atoms with Gasteiger partial charge in [-0.3, -0.25) is 0 Å². The van der Waals surface area contributed by atoms with Crippen molar-refractivity contribution in [1.82, 2.24) is 9.97 Å². The van der Waals surface area contributed by atoms with Gasteiger partial charge in [0.15, 0.2) is 5.16 Å². The van der Waals surface area contributed by atoms with Crippen LogP contribution in [0.5, 0.6) is 5.75 Å². The fourth-order valence-electron chi connectivity index (χ4n) is 1.92. The molecule has 0 unspecified atom stereocenters. The van der Waals surface area contributed by atoms with E-state index in [0.29, 0.717) is 5.75 Å². The molecular weight excluding hydrogens is 294 g/mol. The zero-order chi connectivity index (χ0) is 14.7. The van der Waals surface area contributed by atoms with E-state index in [4.69, 9.17) is 0 Å². The van der Waals surface area contributed by atoms with E-state index >= 15 is 0 Å². The van der Waals surface area contributed by atoms with Crippen LogP contribution in [0.4, 0.5) is 8.78 Å². The topological polar surface area (TPSA) is 37.9 Å². The average molecular weight is 306 g/mol. The number of halogens is 2. The number of ether oxygens (including phenoxy) is 1. The summed E-state index contributed by atoms with van der Waals surface area (Å²) in [4.78, 5) is 7.70. The van der Waals surface area contributed by atoms with E-state index in [1.54, 1.807) is 36.0 Å². The zero-order valence-electron chi connectivity index (χ0n) is 10.9. The molecule has 0 saturated heterocycles. The first kappa shape index (κ1) is 13.9. The molecule has 0 fully saturated rings. The highest BCUT2D eigenvalue weighted by atomic mass is 32.2. The predicted molar refractivity (Wildman–Crippen MR) is 78.7 cm³/mol. The molecule has 6 heteroatoms. The van der Waals surface area contributed by atoms with E-state index in [1.807, 2.05) is 24.3 Å². The van der Waals surface area contributed by atoms with Crippen molar-refractivity contribution in [1.29, 1.82) is 0 Å². The van der Waals surface area contributed by atoms with Crippen LogP contribution in [0.3, 0.4) is 0 Å². The van der Waals surface area contributed by atoms with Crippen LogP contribution in [-0.4, -0.2) is 16.6 Å². The van der Waals surface area contributed by atoms with Crippen molar-refractivity contribution in [3.05, 3.63) is 54.1 Å². The molecule has 0 radical (unpaired) electrons. The molecule has 1 heterocycles. The highest BCUT2D eigenvalue weighted by Gasteiger charge is 2.05. The number of thioether (sulfide) groups is 1. The lowest BCUT2D eigenvalue weighted by Gasteiger charge is -2.05. The molecule has 0 spiro atoms. The lowest BCUT2D eigenvalue weighted by molar-refractivity contribution is -0.0498. The van der Waals surface area contributed by atoms with Crippen LogP contribution >= 0.6 is 11.8 Å². The molecule has 2 aromatic carbocycles. The number of rotatable bonds is 5. The fourth-order valence-corrected chi connectivity index (χ4v) is 2.76. The Labute approximate surface area is 124 Å². The molecule has 0 amide bonds. The maximum Gasteiger partial charge on any atom is 0.387 e. The first-order valence-corrected chi connectivity index (χ1v) is 7.30. The van der Waals surface area contributed by atoms with Crippen molar-refractivity contribution >= 4 is 22.8 Å². The van der Waals surface area contributed by atoms with Crippen molar-refractivity contribution in [3.63, 3.8) is 0 Å². The van der Waals surface area contributed by atoms with E-state index in [-0.39, 0.29) is 5.75 Å². The molecular formula is C15H12F2N2OS.